The average Bonchev–Trinajstić information content (AvgIpc) is 2.45. The van der Waals surface area contributed by atoms with E-state index < -0.39 is 12.0 Å². The number of ether oxygens (including phenoxy) is 1. The van der Waals surface area contributed by atoms with Gasteiger partial charge in [0.2, 0.25) is 23.8 Å². The molecule has 2 rings (SSSR count). The van der Waals surface area contributed by atoms with Crippen LogP contribution in [-0.4, -0.2) is 64.9 Å². The van der Waals surface area contributed by atoms with Gasteiger partial charge in [0.1, 0.15) is 6.10 Å². The van der Waals surface area contributed by atoms with Gasteiger partial charge in [-0.1, -0.05) is 0 Å². The van der Waals surface area contributed by atoms with Crippen molar-refractivity contribution >= 4 is 23.8 Å². The molecule has 0 aliphatic carbocycles. The second kappa shape index (κ2) is 6.30. The summed E-state index contributed by atoms with van der Waals surface area (Å²) in [6.45, 7) is 2.41. The standard InChI is InChI=1S/C10H17N7O3/c11-7(19)6(18)5-13-9-14-8(12)15-10(16-9)17-1-3-20-4-2-17/h6,18H,1-5H2,(H2,11,19)(H3,12,13,14,15,16). The number of amides is 1. The molecule has 1 atom stereocenters. The minimum atomic E-state index is -1.32. The van der Waals surface area contributed by atoms with E-state index >= 15 is 0 Å². The minimum absolute atomic E-state index is 0.0533. The van der Waals surface area contributed by atoms with Crippen molar-refractivity contribution in [2.75, 3.05) is 48.8 Å². The molecule has 1 aromatic heterocycles. The fourth-order valence-electron chi connectivity index (χ4n) is 1.65. The van der Waals surface area contributed by atoms with E-state index in [-0.39, 0.29) is 18.4 Å². The van der Waals surface area contributed by atoms with Crippen molar-refractivity contribution in [2.45, 2.75) is 6.10 Å². The summed E-state index contributed by atoms with van der Waals surface area (Å²) in [7, 11) is 0. The molecular weight excluding hydrogens is 266 g/mol. The van der Waals surface area contributed by atoms with Gasteiger partial charge >= 0.3 is 0 Å². The van der Waals surface area contributed by atoms with Crippen molar-refractivity contribution in [3.8, 4) is 0 Å². The van der Waals surface area contributed by atoms with Crippen molar-refractivity contribution in [1.29, 1.82) is 0 Å². The Balaban J connectivity index is 2.05. The lowest BCUT2D eigenvalue weighted by molar-refractivity contribution is -0.125. The van der Waals surface area contributed by atoms with Crippen LogP contribution < -0.4 is 21.7 Å². The number of hydrogen-bond donors (Lipinski definition) is 4. The second-order valence-corrected chi connectivity index (χ2v) is 4.22. The van der Waals surface area contributed by atoms with Gasteiger partial charge in [-0.25, -0.2) is 0 Å². The molecule has 20 heavy (non-hydrogen) atoms. The lowest BCUT2D eigenvalue weighted by atomic mass is 10.3. The van der Waals surface area contributed by atoms with Crippen molar-refractivity contribution in [2.24, 2.45) is 5.73 Å². The van der Waals surface area contributed by atoms with Crippen LogP contribution in [0.3, 0.4) is 0 Å². The maximum absolute atomic E-state index is 10.7. The third kappa shape index (κ3) is 3.65. The van der Waals surface area contributed by atoms with E-state index in [9.17, 15) is 9.90 Å². The number of hydrogen-bond acceptors (Lipinski definition) is 9. The number of nitrogens with one attached hydrogen (secondary N) is 1. The molecule has 1 aliphatic rings. The molecule has 1 aromatic rings. The normalized spacial score (nSPS) is 16.8. The summed E-state index contributed by atoms with van der Waals surface area (Å²) in [5.74, 6) is -0.165. The van der Waals surface area contributed by atoms with Crippen LogP contribution in [0.5, 0.6) is 0 Å². The van der Waals surface area contributed by atoms with Gasteiger partial charge in [-0.3, -0.25) is 4.79 Å². The zero-order valence-corrected chi connectivity index (χ0v) is 10.8. The van der Waals surface area contributed by atoms with Crippen LogP contribution in [0, 0.1) is 0 Å². The van der Waals surface area contributed by atoms with Crippen LogP contribution in [0.2, 0.25) is 0 Å². The lowest BCUT2D eigenvalue weighted by Gasteiger charge is -2.26. The van der Waals surface area contributed by atoms with Crippen LogP contribution in [0.15, 0.2) is 0 Å². The molecule has 1 unspecified atom stereocenters. The molecule has 0 bridgehead atoms. The number of carbonyl (C=O) groups is 1. The smallest absolute Gasteiger partial charge is 0.248 e. The number of nitrogen functional groups attached to an aromatic ring is 1. The molecule has 2 heterocycles. The summed E-state index contributed by atoms with van der Waals surface area (Å²) in [6.07, 6.45) is -1.32. The Morgan fingerprint density at radius 2 is 2.10 bits per heavy atom. The number of anilines is 3. The number of aromatic nitrogens is 3. The molecule has 1 fully saturated rings. The van der Waals surface area contributed by atoms with Crippen molar-refractivity contribution < 1.29 is 14.6 Å². The van der Waals surface area contributed by atoms with Gasteiger partial charge in [0.15, 0.2) is 0 Å². The Kier molecular flexibility index (Phi) is 4.48. The quantitative estimate of drug-likeness (QED) is 0.461. The largest absolute Gasteiger partial charge is 0.381 e. The van der Waals surface area contributed by atoms with E-state index in [1.54, 1.807) is 0 Å². The summed E-state index contributed by atoms with van der Waals surface area (Å²) >= 11 is 0. The monoisotopic (exact) mass is 283 g/mol. The number of morpholine rings is 1. The topological polar surface area (TPSA) is 153 Å². The van der Waals surface area contributed by atoms with Crippen molar-refractivity contribution in [3.63, 3.8) is 0 Å². The first-order chi connectivity index (χ1) is 9.56. The zero-order valence-electron chi connectivity index (χ0n) is 10.8. The summed E-state index contributed by atoms with van der Waals surface area (Å²) < 4.78 is 5.24. The highest BCUT2D eigenvalue weighted by atomic mass is 16.5. The number of aliphatic hydroxyl groups excluding tert-OH is 1. The molecule has 1 saturated heterocycles. The van der Waals surface area contributed by atoms with Gasteiger partial charge < -0.3 is 31.5 Å². The van der Waals surface area contributed by atoms with Gasteiger partial charge in [0.25, 0.3) is 0 Å². The molecular formula is C10H17N7O3. The fourth-order valence-corrected chi connectivity index (χ4v) is 1.65. The first-order valence-corrected chi connectivity index (χ1v) is 6.12. The van der Waals surface area contributed by atoms with E-state index in [1.807, 2.05) is 4.90 Å². The average molecular weight is 283 g/mol. The van der Waals surface area contributed by atoms with E-state index in [0.717, 1.165) is 0 Å². The summed E-state index contributed by atoms with van der Waals surface area (Å²) in [6, 6.07) is 0. The number of aliphatic hydroxyl groups is 1. The molecule has 0 aromatic carbocycles. The summed E-state index contributed by atoms with van der Waals surface area (Å²) in [5, 5.41) is 12.0. The highest BCUT2D eigenvalue weighted by Crippen LogP contribution is 2.13. The van der Waals surface area contributed by atoms with Crippen LogP contribution in [0.4, 0.5) is 17.8 Å². The summed E-state index contributed by atoms with van der Waals surface area (Å²) in [5.41, 5.74) is 10.6. The maximum Gasteiger partial charge on any atom is 0.248 e. The molecule has 10 nitrogen and oxygen atoms in total. The van der Waals surface area contributed by atoms with Crippen LogP contribution in [0.1, 0.15) is 0 Å². The van der Waals surface area contributed by atoms with Crippen LogP contribution in [0.25, 0.3) is 0 Å². The van der Waals surface area contributed by atoms with Gasteiger partial charge in [0.05, 0.1) is 19.8 Å². The third-order valence-electron chi connectivity index (χ3n) is 2.72. The minimum Gasteiger partial charge on any atom is -0.381 e. The van der Waals surface area contributed by atoms with Gasteiger partial charge in [-0.05, 0) is 0 Å². The van der Waals surface area contributed by atoms with Crippen molar-refractivity contribution in [1.82, 2.24) is 15.0 Å². The number of nitrogens with zero attached hydrogens (tertiary/aromatic N) is 4. The van der Waals surface area contributed by atoms with E-state index in [2.05, 4.69) is 20.3 Å². The van der Waals surface area contributed by atoms with Crippen LogP contribution in [-0.2, 0) is 9.53 Å². The highest BCUT2D eigenvalue weighted by molar-refractivity contribution is 5.79. The number of primary amides is 1. The van der Waals surface area contributed by atoms with Crippen LogP contribution >= 0.6 is 0 Å². The molecule has 10 heteroatoms. The predicted molar refractivity (Wildman–Crippen MR) is 71.0 cm³/mol. The predicted octanol–water partition coefficient (Wildman–Crippen LogP) is -2.45. The van der Waals surface area contributed by atoms with Gasteiger partial charge in [-0.15, -0.1) is 0 Å². The summed E-state index contributed by atoms with van der Waals surface area (Å²) in [4.78, 5) is 24.8. The van der Waals surface area contributed by atoms with Crippen molar-refractivity contribution in [3.05, 3.63) is 0 Å². The van der Waals surface area contributed by atoms with Gasteiger partial charge in [-0.2, -0.15) is 15.0 Å². The SMILES string of the molecule is NC(=O)C(O)CNc1nc(N)nc(N2CCOCC2)n1. The second-order valence-electron chi connectivity index (χ2n) is 4.22. The number of rotatable bonds is 5. The molecule has 6 N–H and O–H groups in total. The molecule has 0 radical (unpaired) electrons. The Labute approximate surface area is 115 Å². The molecule has 0 spiro atoms. The first kappa shape index (κ1) is 14.2. The Morgan fingerprint density at radius 1 is 1.40 bits per heavy atom. The number of carbonyl (C=O) groups excluding carboxylic acids is 1. The zero-order chi connectivity index (χ0) is 14.5. The fraction of sp³-hybridized carbons (Fsp3) is 0.600. The molecule has 110 valence electrons. The first-order valence-electron chi connectivity index (χ1n) is 6.12. The van der Waals surface area contributed by atoms with E-state index in [0.29, 0.717) is 32.3 Å². The Hall–Kier alpha value is -2.20. The van der Waals surface area contributed by atoms with E-state index in [4.69, 9.17) is 16.2 Å². The highest BCUT2D eigenvalue weighted by Gasteiger charge is 2.17. The molecule has 1 aliphatic heterocycles. The van der Waals surface area contributed by atoms with E-state index in [1.165, 1.54) is 0 Å². The Bertz CT molecular complexity index is 478. The molecule has 1 amide bonds. The maximum atomic E-state index is 10.7. The van der Waals surface area contributed by atoms with Gasteiger partial charge in [0, 0.05) is 13.1 Å². The third-order valence-corrected chi connectivity index (χ3v) is 2.72. The Morgan fingerprint density at radius 3 is 2.75 bits per heavy atom. The lowest BCUT2D eigenvalue weighted by Crippen LogP contribution is -2.38. The number of nitrogens with two attached hydrogens (primary N) is 2. The molecule has 0 saturated carbocycles.